The summed E-state index contributed by atoms with van der Waals surface area (Å²) in [7, 11) is 0. The van der Waals surface area contributed by atoms with Gasteiger partial charge in [0.05, 0.1) is 16.1 Å². The third-order valence-electron chi connectivity index (χ3n) is 4.34. The number of aryl methyl sites for hydroxylation is 1. The SMILES string of the molecule is Cc1ccc2c(c1)C(=O)N(CCCC(=O)Nc1ccc(OC(F)F)c(Cl)c1)C2=O. The highest BCUT2D eigenvalue weighted by atomic mass is 35.5. The lowest BCUT2D eigenvalue weighted by Crippen LogP contribution is -2.31. The number of nitrogens with one attached hydrogen (secondary N) is 1. The van der Waals surface area contributed by atoms with E-state index in [4.69, 9.17) is 11.6 Å². The number of nitrogens with zero attached hydrogens (tertiary/aromatic N) is 1. The number of benzene rings is 2. The number of hydrogen-bond donors (Lipinski definition) is 1. The highest BCUT2D eigenvalue weighted by Crippen LogP contribution is 2.29. The van der Waals surface area contributed by atoms with Crippen molar-refractivity contribution in [2.24, 2.45) is 0 Å². The summed E-state index contributed by atoms with van der Waals surface area (Å²) in [4.78, 5) is 38.0. The maximum Gasteiger partial charge on any atom is 0.387 e. The summed E-state index contributed by atoms with van der Waals surface area (Å²) in [5.41, 5.74) is 1.94. The first-order valence-electron chi connectivity index (χ1n) is 8.77. The second-order valence-electron chi connectivity index (χ2n) is 6.49. The maximum absolute atomic E-state index is 12.4. The molecule has 1 aliphatic rings. The predicted molar refractivity (Wildman–Crippen MR) is 102 cm³/mol. The molecule has 3 amide bonds. The highest BCUT2D eigenvalue weighted by molar-refractivity contribution is 6.32. The van der Waals surface area contributed by atoms with Crippen LogP contribution in [-0.2, 0) is 4.79 Å². The summed E-state index contributed by atoms with van der Waals surface area (Å²) >= 11 is 5.84. The van der Waals surface area contributed by atoms with Gasteiger partial charge in [-0.25, -0.2) is 0 Å². The number of rotatable bonds is 7. The van der Waals surface area contributed by atoms with E-state index in [9.17, 15) is 23.2 Å². The molecule has 1 heterocycles. The third-order valence-corrected chi connectivity index (χ3v) is 4.64. The van der Waals surface area contributed by atoms with Crippen LogP contribution >= 0.6 is 11.6 Å². The fourth-order valence-electron chi connectivity index (χ4n) is 3.00. The molecule has 0 aromatic heterocycles. The Morgan fingerprint density at radius 1 is 1.14 bits per heavy atom. The van der Waals surface area contributed by atoms with Crippen molar-refractivity contribution in [2.45, 2.75) is 26.4 Å². The van der Waals surface area contributed by atoms with E-state index in [1.165, 1.54) is 18.2 Å². The zero-order chi connectivity index (χ0) is 21.1. The average Bonchev–Trinajstić information content (AvgIpc) is 2.88. The molecule has 0 saturated carbocycles. The second kappa shape index (κ2) is 8.57. The zero-order valence-electron chi connectivity index (χ0n) is 15.4. The van der Waals surface area contributed by atoms with Crippen LogP contribution in [0.15, 0.2) is 36.4 Å². The molecule has 1 aliphatic heterocycles. The van der Waals surface area contributed by atoms with E-state index in [1.54, 1.807) is 18.2 Å². The van der Waals surface area contributed by atoms with Crippen molar-refractivity contribution in [2.75, 3.05) is 11.9 Å². The summed E-state index contributed by atoms with van der Waals surface area (Å²) in [5.74, 6) is -1.29. The molecule has 0 radical (unpaired) electrons. The molecule has 2 aromatic rings. The van der Waals surface area contributed by atoms with Crippen LogP contribution in [0.2, 0.25) is 5.02 Å². The number of amides is 3. The maximum atomic E-state index is 12.4. The van der Waals surface area contributed by atoms with Crippen molar-refractivity contribution in [3.63, 3.8) is 0 Å². The number of fused-ring (bicyclic) bond motifs is 1. The Labute approximate surface area is 170 Å². The van der Waals surface area contributed by atoms with Gasteiger partial charge in [0.15, 0.2) is 0 Å². The van der Waals surface area contributed by atoms with Gasteiger partial charge in [-0.3, -0.25) is 19.3 Å². The Morgan fingerprint density at radius 2 is 1.86 bits per heavy atom. The lowest BCUT2D eigenvalue weighted by atomic mass is 10.1. The van der Waals surface area contributed by atoms with Crippen molar-refractivity contribution >= 4 is 35.0 Å². The lowest BCUT2D eigenvalue weighted by Gasteiger charge is -2.13. The van der Waals surface area contributed by atoms with Crippen molar-refractivity contribution in [1.29, 1.82) is 0 Å². The quantitative estimate of drug-likeness (QED) is 0.676. The monoisotopic (exact) mass is 422 g/mol. The minimum atomic E-state index is -3.00. The van der Waals surface area contributed by atoms with Gasteiger partial charge in [0.25, 0.3) is 11.8 Å². The van der Waals surface area contributed by atoms with Gasteiger partial charge in [-0.1, -0.05) is 23.2 Å². The van der Waals surface area contributed by atoms with Crippen LogP contribution in [0.3, 0.4) is 0 Å². The number of hydrogen-bond acceptors (Lipinski definition) is 4. The van der Waals surface area contributed by atoms with E-state index in [-0.39, 0.29) is 47.9 Å². The van der Waals surface area contributed by atoms with Crippen LogP contribution in [0.1, 0.15) is 39.1 Å². The van der Waals surface area contributed by atoms with Crippen LogP contribution in [0.4, 0.5) is 14.5 Å². The number of carbonyl (C=O) groups excluding carboxylic acids is 3. The van der Waals surface area contributed by atoms with Gasteiger partial charge in [0.2, 0.25) is 5.91 Å². The first-order valence-corrected chi connectivity index (χ1v) is 9.15. The summed E-state index contributed by atoms with van der Waals surface area (Å²) in [6, 6.07) is 8.97. The number of alkyl halides is 2. The number of imide groups is 1. The molecule has 1 N–H and O–H groups in total. The van der Waals surface area contributed by atoms with E-state index in [2.05, 4.69) is 10.1 Å². The minimum Gasteiger partial charge on any atom is -0.433 e. The van der Waals surface area contributed by atoms with E-state index in [0.29, 0.717) is 16.8 Å². The molecular formula is C20H17ClF2N2O4. The Morgan fingerprint density at radius 3 is 2.55 bits per heavy atom. The molecule has 0 saturated heterocycles. The Bertz CT molecular complexity index is 981. The molecule has 2 aromatic carbocycles. The summed E-state index contributed by atoms with van der Waals surface area (Å²) in [5, 5.41) is 2.52. The second-order valence-corrected chi connectivity index (χ2v) is 6.89. The molecule has 3 rings (SSSR count). The van der Waals surface area contributed by atoms with Gasteiger partial charge >= 0.3 is 6.61 Å². The molecule has 9 heteroatoms. The Hall–Kier alpha value is -3.00. The first kappa shape index (κ1) is 20.7. The fourth-order valence-corrected chi connectivity index (χ4v) is 3.22. The lowest BCUT2D eigenvalue weighted by molar-refractivity contribution is -0.116. The van der Waals surface area contributed by atoms with E-state index < -0.39 is 6.61 Å². The fraction of sp³-hybridized carbons (Fsp3) is 0.250. The van der Waals surface area contributed by atoms with Crippen LogP contribution in [0, 0.1) is 6.92 Å². The Kier molecular flexibility index (Phi) is 6.12. The van der Waals surface area contributed by atoms with Crippen LogP contribution in [-0.4, -0.2) is 35.8 Å². The standard InChI is InChI=1S/C20H17ClF2N2O4/c1-11-4-6-13-14(9-11)19(28)25(18(13)27)8-2-3-17(26)24-12-5-7-16(15(21)10-12)29-20(22)23/h4-7,9-10,20H,2-3,8H2,1H3,(H,24,26). The van der Waals surface area contributed by atoms with E-state index >= 15 is 0 Å². The average molecular weight is 423 g/mol. The summed E-state index contributed by atoms with van der Waals surface area (Å²) < 4.78 is 28.7. The molecule has 0 bridgehead atoms. The minimum absolute atomic E-state index is 0.0549. The van der Waals surface area contributed by atoms with Crippen LogP contribution in [0.25, 0.3) is 0 Å². The van der Waals surface area contributed by atoms with Gasteiger partial charge in [0.1, 0.15) is 5.75 Å². The van der Waals surface area contributed by atoms with Gasteiger partial charge in [-0.2, -0.15) is 8.78 Å². The van der Waals surface area contributed by atoms with Crippen LogP contribution < -0.4 is 10.1 Å². The summed E-state index contributed by atoms with van der Waals surface area (Å²) in [6.45, 7) is -1.05. The van der Waals surface area contributed by atoms with Crippen molar-refractivity contribution < 1.29 is 27.9 Å². The van der Waals surface area contributed by atoms with E-state index in [1.807, 2.05) is 6.92 Å². The predicted octanol–water partition coefficient (Wildman–Crippen LogP) is 4.26. The molecule has 6 nitrogen and oxygen atoms in total. The number of halogens is 3. The van der Waals surface area contributed by atoms with Crippen LogP contribution in [0.5, 0.6) is 5.75 Å². The van der Waals surface area contributed by atoms with E-state index in [0.717, 1.165) is 10.5 Å². The largest absolute Gasteiger partial charge is 0.433 e. The number of anilines is 1. The molecule has 0 atom stereocenters. The van der Waals surface area contributed by atoms with Crippen molar-refractivity contribution in [3.8, 4) is 5.75 Å². The molecular weight excluding hydrogens is 406 g/mol. The number of ether oxygens (including phenoxy) is 1. The smallest absolute Gasteiger partial charge is 0.387 e. The Balaban J connectivity index is 1.52. The number of carbonyl (C=O) groups is 3. The van der Waals surface area contributed by atoms with Crippen molar-refractivity contribution in [3.05, 3.63) is 58.1 Å². The molecule has 0 unspecified atom stereocenters. The van der Waals surface area contributed by atoms with Gasteiger partial charge in [0, 0.05) is 18.7 Å². The van der Waals surface area contributed by atoms with Gasteiger partial charge in [-0.15, -0.1) is 0 Å². The topological polar surface area (TPSA) is 75.7 Å². The van der Waals surface area contributed by atoms with Crippen molar-refractivity contribution in [1.82, 2.24) is 4.90 Å². The molecule has 152 valence electrons. The molecule has 0 aliphatic carbocycles. The molecule has 0 spiro atoms. The molecule has 0 fully saturated rings. The van der Waals surface area contributed by atoms with Gasteiger partial charge < -0.3 is 10.1 Å². The normalized spacial score (nSPS) is 13.1. The first-order chi connectivity index (χ1) is 13.8. The van der Waals surface area contributed by atoms with Gasteiger partial charge in [-0.05, 0) is 43.7 Å². The molecule has 29 heavy (non-hydrogen) atoms. The zero-order valence-corrected chi connectivity index (χ0v) is 16.1. The highest BCUT2D eigenvalue weighted by Gasteiger charge is 2.34. The third kappa shape index (κ3) is 4.71. The summed E-state index contributed by atoms with van der Waals surface area (Å²) in [6.07, 6.45) is 0.329.